The predicted molar refractivity (Wildman–Crippen MR) is 64.9 cm³/mol. The van der Waals surface area contributed by atoms with Crippen LogP contribution in [-0.4, -0.2) is 48.3 Å². The van der Waals surface area contributed by atoms with Gasteiger partial charge in [0.1, 0.15) is 5.01 Å². The normalized spacial score (nSPS) is 20.5. The van der Waals surface area contributed by atoms with E-state index in [1.54, 1.807) is 11.3 Å². The molecule has 0 amide bonds. The maximum absolute atomic E-state index is 11.4. The van der Waals surface area contributed by atoms with Gasteiger partial charge in [-0.1, -0.05) is 11.3 Å². The van der Waals surface area contributed by atoms with Crippen molar-refractivity contribution in [2.45, 2.75) is 13.0 Å². The molecule has 2 heterocycles. The zero-order valence-electron chi connectivity index (χ0n) is 9.97. The largest absolute Gasteiger partial charge is 0.469 e. The molecule has 94 valence electrons. The Morgan fingerprint density at radius 1 is 1.65 bits per heavy atom. The Hall–Kier alpha value is -1.21. The molecule has 1 fully saturated rings. The molecule has 1 unspecified atom stereocenters. The quantitative estimate of drug-likeness (QED) is 0.795. The summed E-state index contributed by atoms with van der Waals surface area (Å²) in [6.45, 7) is 2.42. The van der Waals surface area contributed by atoms with Crippen LogP contribution < -0.4 is 5.32 Å². The zero-order chi connectivity index (χ0) is 12.3. The summed E-state index contributed by atoms with van der Waals surface area (Å²) >= 11 is 1.54. The molecule has 0 spiro atoms. The molecule has 0 aliphatic carbocycles. The van der Waals surface area contributed by atoms with Crippen molar-refractivity contribution in [3.8, 4) is 0 Å². The molecule has 0 aromatic carbocycles. The Bertz CT molecular complexity index is 395. The van der Waals surface area contributed by atoms with E-state index >= 15 is 0 Å². The van der Waals surface area contributed by atoms with Gasteiger partial charge in [0.05, 0.1) is 19.6 Å². The van der Waals surface area contributed by atoms with E-state index in [-0.39, 0.29) is 11.9 Å². The molecule has 0 saturated carbocycles. The van der Waals surface area contributed by atoms with Crippen LogP contribution in [0.2, 0.25) is 0 Å². The number of hydrogen-bond donors (Lipinski definition) is 1. The lowest BCUT2D eigenvalue weighted by Gasteiger charge is -2.12. The molecule has 0 bridgehead atoms. The number of nitrogens with one attached hydrogen (secondary N) is 1. The van der Waals surface area contributed by atoms with Gasteiger partial charge in [0.25, 0.3) is 0 Å². The van der Waals surface area contributed by atoms with E-state index in [1.165, 1.54) is 7.11 Å². The van der Waals surface area contributed by atoms with Gasteiger partial charge in [-0.05, 0) is 13.0 Å². The zero-order valence-corrected chi connectivity index (χ0v) is 10.8. The van der Waals surface area contributed by atoms with Crippen molar-refractivity contribution >= 4 is 22.4 Å². The predicted octanol–water partition coefficient (Wildman–Crippen LogP) is 0.575. The van der Waals surface area contributed by atoms with Gasteiger partial charge in [0.15, 0.2) is 0 Å². The Labute approximate surface area is 104 Å². The fourth-order valence-corrected chi connectivity index (χ4v) is 2.68. The first kappa shape index (κ1) is 12.3. The van der Waals surface area contributed by atoms with Crippen molar-refractivity contribution in [2.24, 2.45) is 5.92 Å². The highest BCUT2D eigenvalue weighted by Gasteiger charge is 2.29. The number of ether oxygens (including phenoxy) is 1. The van der Waals surface area contributed by atoms with Crippen LogP contribution in [0.1, 0.15) is 11.4 Å². The molecule has 1 aromatic rings. The molecular weight excluding hydrogens is 240 g/mol. The van der Waals surface area contributed by atoms with E-state index in [1.807, 2.05) is 7.05 Å². The molecule has 7 heteroatoms. The van der Waals surface area contributed by atoms with Crippen LogP contribution >= 0.6 is 11.3 Å². The summed E-state index contributed by atoms with van der Waals surface area (Å²) in [6, 6.07) is 0. The summed E-state index contributed by atoms with van der Waals surface area (Å²) in [6.07, 6.45) is 0.865. The summed E-state index contributed by atoms with van der Waals surface area (Å²) in [5, 5.41) is 12.8. The third-order valence-electron chi connectivity index (χ3n) is 2.85. The maximum atomic E-state index is 11.4. The van der Waals surface area contributed by atoms with Crippen LogP contribution in [0.5, 0.6) is 0 Å². The monoisotopic (exact) mass is 256 g/mol. The smallest absolute Gasteiger partial charge is 0.310 e. The van der Waals surface area contributed by atoms with E-state index in [4.69, 9.17) is 4.74 Å². The highest BCUT2D eigenvalue weighted by atomic mass is 32.1. The second-order valence-electron chi connectivity index (χ2n) is 3.99. The second kappa shape index (κ2) is 5.42. The standard InChI is InChI=1S/C10H16N4O2S/c1-11-10-13-12-8(17-10)6-14-4-3-7(5-14)9(15)16-2/h7H,3-6H2,1-2H3,(H,11,13). The fourth-order valence-electron chi connectivity index (χ4n) is 1.95. The van der Waals surface area contributed by atoms with Gasteiger partial charge < -0.3 is 10.1 Å². The fraction of sp³-hybridized carbons (Fsp3) is 0.700. The van der Waals surface area contributed by atoms with Gasteiger partial charge in [-0.15, -0.1) is 10.2 Å². The number of rotatable bonds is 4. The highest BCUT2D eigenvalue weighted by Crippen LogP contribution is 2.22. The molecule has 1 aromatic heterocycles. The summed E-state index contributed by atoms with van der Waals surface area (Å²) in [5.41, 5.74) is 0. The number of likely N-dealkylation sites (tertiary alicyclic amines) is 1. The van der Waals surface area contributed by atoms with Crippen LogP contribution in [-0.2, 0) is 16.1 Å². The first-order valence-corrected chi connectivity index (χ1v) is 6.35. The number of aromatic nitrogens is 2. The highest BCUT2D eigenvalue weighted by molar-refractivity contribution is 7.15. The van der Waals surface area contributed by atoms with E-state index < -0.39 is 0 Å². The third kappa shape index (κ3) is 2.92. The van der Waals surface area contributed by atoms with Gasteiger partial charge in [-0.25, -0.2) is 0 Å². The molecule has 1 N–H and O–H groups in total. The topological polar surface area (TPSA) is 67.4 Å². The minimum Gasteiger partial charge on any atom is -0.469 e. The number of methoxy groups -OCH3 is 1. The molecule has 6 nitrogen and oxygen atoms in total. The van der Waals surface area contributed by atoms with Crippen molar-refractivity contribution in [1.29, 1.82) is 0 Å². The van der Waals surface area contributed by atoms with Crippen LogP contribution in [0.15, 0.2) is 0 Å². The number of carbonyl (C=O) groups excluding carboxylic acids is 1. The van der Waals surface area contributed by atoms with Gasteiger partial charge in [-0.2, -0.15) is 0 Å². The maximum Gasteiger partial charge on any atom is 0.310 e. The Kier molecular flexibility index (Phi) is 3.90. The lowest BCUT2D eigenvalue weighted by Crippen LogP contribution is -2.23. The molecular formula is C10H16N4O2S. The van der Waals surface area contributed by atoms with Crippen LogP contribution in [0, 0.1) is 5.92 Å². The number of carbonyl (C=O) groups is 1. The minimum absolute atomic E-state index is 0.0108. The second-order valence-corrected chi connectivity index (χ2v) is 5.06. The van der Waals surface area contributed by atoms with E-state index in [2.05, 4.69) is 20.4 Å². The molecule has 1 saturated heterocycles. The van der Waals surface area contributed by atoms with Gasteiger partial charge in [0.2, 0.25) is 5.13 Å². The van der Waals surface area contributed by atoms with E-state index in [0.717, 1.165) is 36.2 Å². The Morgan fingerprint density at radius 3 is 3.12 bits per heavy atom. The molecule has 1 atom stereocenters. The lowest BCUT2D eigenvalue weighted by molar-refractivity contribution is -0.144. The molecule has 1 aliphatic heterocycles. The van der Waals surface area contributed by atoms with Gasteiger partial charge in [0, 0.05) is 13.6 Å². The summed E-state index contributed by atoms with van der Waals surface area (Å²) in [7, 11) is 3.27. The molecule has 0 radical (unpaired) electrons. The van der Waals surface area contributed by atoms with Crippen molar-refractivity contribution < 1.29 is 9.53 Å². The van der Waals surface area contributed by atoms with Crippen molar-refractivity contribution in [1.82, 2.24) is 15.1 Å². The minimum atomic E-state index is -0.110. The van der Waals surface area contributed by atoms with Crippen molar-refractivity contribution in [3.63, 3.8) is 0 Å². The number of esters is 1. The van der Waals surface area contributed by atoms with Crippen LogP contribution in [0.3, 0.4) is 0 Å². The average molecular weight is 256 g/mol. The van der Waals surface area contributed by atoms with Crippen LogP contribution in [0.4, 0.5) is 5.13 Å². The SMILES string of the molecule is CNc1nnc(CN2CCC(C(=O)OC)C2)s1. The Morgan fingerprint density at radius 2 is 2.47 bits per heavy atom. The number of nitrogens with zero attached hydrogens (tertiary/aromatic N) is 3. The van der Waals surface area contributed by atoms with E-state index in [0.29, 0.717) is 0 Å². The van der Waals surface area contributed by atoms with Crippen molar-refractivity contribution in [2.75, 3.05) is 32.6 Å². The first-order chi connectivity index (χ1) is 8.22. The third-order valence-corrected chi connectivity index (χ3v) is 3.77. The van der Waals surface area contributed by atoms with Crippen molar-refractivity contribution in [3.05, 3.63) is 5.01 Å². The summed E-state index contributed by atoms with van der Waals surface area (Å²) in [5.74, 6) is -0.0997. The summed E-state index contributed by atoms with van der Waals surface area (Å²) in [4.78, 5) is 13.6. The molecule has 2 rings (SSSR count). The first-order valence-electron chi connectivity index (χ1n) is 5.53. The van der Waals surface area contributed by atoms with E-state index in [9.17, 15) is 4.79 Å². The van der Waals surface area contributed by atoms with Crippen LogP contribution in [0.25, 0.3) is 0 Å². The Balaban J connectivity index is 1.87. The molecule has 1 aliphatic rings. The van der Waals surface area contributed by atoms with Gasteiger partial charge in [-0.3, -0.25) is 9.69 Å². The molecule has 17 heavy (non-hydrogen) atoms. The summed E-state index contributed by atoms with van der Waals surface area (Å²) < 4.78 is 4.75. The van der Waals surface area contributed by atoms with Gasteiger partial charge >= 0.3 is 5.97 Å². The number of anilines is 1. The lowest BCUT2D eigenvalue weighted by atomic mass is 10.1. The number of hydrogen-bond acceptors (Lipinski definition) is 7. The average Bonchev–Trinajstić information content (AvgIpc) is 2.97.